The molecule has 2 heteroatoms. The molecule has 2 aromatic rings. The molecule has 0 aliphatic heterocycles. The second-order valence-electron chi connectivity index (χ2n) is 4.29. The lowest BCUT2D eigenvalue weighted by atomic mass is 9.94. The molecular formula is C19H29NO. The number of hydrogen-bond donors (Lipinski definition) is 1. The van der Waals surface area contributed by atoms with Crippen LogP contribution in [0, 0.1) is 20.8 Å². The molecule has 2 rings (SSSR count). The zero-order valence-electron chi connectivity index (χ0n) is 14.5. The number of nitrogens with zero attached hydrogens (tertiary/aromatic N) is 1. The van der Waals surface area contributed by atoms with Crippen molar-refractivity contribution in [2.75, 3.05) is 0 Å². The third-order valence-electron chi connectivity index (χ3n) is 3.21. The number of aliphatic hydroxyl groups excluding tert-OH is 1. The van der Waals surface area contributed by atoms with Gasteiger partial charge in [-0.15, -0.1) is 0 Å². The Morgan fingerprint density at radius 3 is 1.86 bits per heavy atom. The van der Waals surface area contributed by atoms with Crippen LogP contribution in [0.3, 0.4) is 0 Å². The van der Waals surface area contributed by atoms with Crippen LogP contribution < -0.4 is 0 Å². The van der Waals surface area contributed by atoms with Gasteiger partial charge >= 0.3 is 0 Å². The van der Waals surface area contributed by atoms with Gasteiger partial charge in [0.1, 0.15) is 0 Å². The first kappa shape index (κ1) is 19.3. The van der Waals surface area contributed by atoms with Crippen LogP contribution in [0.15, 0.2) is 30.3 Å². The highest BCUT2D eigenvalue weighted by Gasteiger charge is 2.13. The molecule has 1 N–H and O–H groups in total. The molecule has 0 amide bonds. The maximum atomic E-state index is 9.54. The fraction of sp³-hybridized carbons (Fsp3) is 0.421. The van der Waals surface area contributed by atoms with Crippen LogP contribution in [0.4, 0.5) is 0 Å². The SMILES string of the molecule is CC.CC.Cc1nc(C)c(CO)c(-c2ccccc2)c1C. The first-order valence-electron chi connectivity index (χ1n) is 7.78. The summed E-state index contributed by atoms with van der Waals surface area (Å²) in [5.74, 6) is 0. The van der Waals surface area contributed by atoms with E-state index in [1.54, 1.807) is 0 Å². The van der Waals surface area contributed by atoms with Crippen molar-refractivity contribution in [1.29, 1.82) is 0 Å². The van der Waals surface area contributed by atoms with E-state index in [0.717, 1.165) is 33.6 Å². The molecule has 1 aromatic carbocycles. The topological polar surface area (TPSA) is 33.1 Å². The molecule has 0 bridgehead atoms. The molecule has 0 radical (unpaired) electrons. The third-order valence-corrected chi connectivity index (χ3v) is 3.21. The number of aliphatic hydroxyl groups is 1. The first-order chi connectivity index (χ1) is 10.1. The summed E-state index contributed by atoms with van der Waals surface area (Å²) in [5, 5.41) is 9.54. The number of hydrogen-bond acceptors (Lipinski definition) is 2. The third kappa shape index (κ3) is 4.68. The zero-order valence-corrected chi connectivity index (χ0v) is 14.5. The van der Waals surface area contributed by atoms with Crippen LogP contribution in [0.5, 0.6) is 0 Å². The number of benzene rings is 1. The Kier molecular flexibility index (Phi) is 9.31. The molecule has 0 fully saturated rings. The molecule has 0 atom stereocenters. The summed E-state index contributed by atoms with van der Waals surface area (Å²) in [6.45, 7) is 14.0. The number of rotatable bonds is 2. The Bertz CT molecular complexity index is 533. The van der Waals surface area contributed by atoms with Gasteiger partial charge in [0.05, 0.1) is 6.61 Å². The van der Waals surface area contributed by atoms with Gasteiger partial charge in [-0.1, -0.05) is 58.0 Å². The zero-order chi connectivity index (χ0) is 16.4. The van der Waals surface area contributed by atoms with E-state index in [4.69, 9.17) is 0 Å². The van der Waals surface area contributed by atoms with Gasteiger partial charge in [-0.25, -0.2) is 0 Å². The molecule has 1 aromatic heterocycles. The number of aryl methyl sites for hydroxylation is 2. The Morgan fingerprint density at radius 1 is 0.857 bits per heavy atom. The Labute approximate surface area is 129 Å². The van der Waals surface area contributed by atoms with Crippen LogP contribution in [0.25, 0.3) is 11.1 Å². The van der Waals surface area contributed by atoms with E-state index < -0.39 is 0 Å². The quantitative estimate of drug-likeness (QED) is 0.821. The van der Waals surface area contributed by atoms with Crippen LogP contribution in [-0.4, -0.2) is 10.1 Å². The molecule has 0 saturated heterocycles. The van der Waals surface area contributed by atoms with Gasteiger partial charge in [0.15, 0.2) is 0 Å². The van der Waals surface area contributed by atoms with Crippen LogP contribution in [0.1, 0.15) is 50.2 Å². The van der Waals surface area contributed by atoms with Gasteiger partial charge in [-0.2, -0.15) is 0 Å². The molecule has 0 unspecified atom stereocenters. The van der Waals surface area contributed by atoms with Crippen molar-refractivity contribution in [3.8, 4) is 11.1 Å². The first-order valence-corrected chi connectivity index (χ1v) is 7.78. The summed E-state index contributed by atoms with van der Waals surface area (Å²) in [6, 6.07) is 10.2. The summed E-state index contributed by atoms with van der Waals surface area (Å²) < 4.78 is 0. The van der Waals surface area contributed by atoms with Gasteiger partial charge in [0, 0.05) is 17.0 Å². The van der Waals surface area contributed by atoms with Crippen LogP contribution in [-0.2, 0) is 6.61 Å². The maximum Gasteiger partial charge on any atom is 0.0705 e. The van der Waals surface area contributed by atoms with E-state index in [2.05, 4.69) is 24.0 Å². The van der Waals surface area contributed by atoms with Crippen molar-refractivity contribution in [2.45, 2.75) is 55.1 Å². The summed E-state index contributed by atoms with van der Waals surface area (Å²) >= 11 is 0. The van der Waals surface area contributed by atoms with Gasteiger partial charge in [0.2, 0.25) is 0 Å². The number of pyridine rings is 1. The van der Waals surface area contributed by atoms with E-state index in [0.29, 0.717) is 0 Å². The molecule has 116 valence electrons. The predicted molar refractivity (Wildman–Crippen MR) is 92.5 cm³/mol. The molecule has 21 heavy (non-hydrogen) atoms. The van der Waals surface area contributed by atoms with Crippen molar-refractivity contribution < 1.29 is 5.11 Å². The largest absolute Gasteiger partial charge is 0.392 e. The van der Waals surface area contributed by atoms with E-state index in [-0.39, 0.29) is 6.61 Å². The summed E-state index contributed by atoms with van der Waals surface area (Å²) in [5.41, 5.74) is 6.28. The van der Waals surface area contributed by atoms with Gasteiger partial charge in [-0.3, -0.25) is 4.98 Å². The highest BCUT2D eigenvalue weighted by atomic mass is 16.3. The normalized spacial score (nSPS) is 9.14. The summed E-state index contributed by atoms with van der Waals surface area (Å²) in [6.07, 6.45) is 0. The van der Waals surface area contributed by atoms with Crippen molar-refractivity contribution in [3.63, 3.8) is 0 Å². The molecule has 0 saturated carbocycles. The van der Waals surface area contributed by atoms with Gasteiger partial charge in [-0.05, 0) is 37.5 Å². The molecule has 1 heterocycles. The fourth-order valence-electron chi connectivity index (χ4n) is 2.18. The standard InChI is InChI=1S/C15H17NO.2C2H6/c1-10-11(2)16-12(3)14(9-17)15(10)13-7-5-4-6-8-13;2*1-2/h4-8,17H,9H2,1-3H3;2*1-2H3. The molecular weight excluding hydrogens is 258 g/mol. The van der Waals surface area contributed by atoms with E-state index in [9.17, 15) is 5.11 Å². The summed E-state index contributed by atoms with van der Waals surface area (Å²) in [7, 11) is 0. The lowest BCUT2D eigenvalue weighted by Gasteiger charge is -2.15. The molecule has 2 nitrogen and oxygen atoms in total. The van der Waals surface area contributed by atoms with Gasteiger partial charge in [0.25, 0.3) is 0 Å². The second-order valence-corrected chi connectivity index (χ2v) is 4.29. The summed E-state index contributed by atoms with van der Waals surface area (Å²) in [4.78, 5) is 4.47. The van der Waals surface area contributed by atoms with E-state index in [1.807, 2.05) is 59.7 Å². The fourth-order valence-corrected chi connectivity index (χ4v) is 2.18. The Balaban J connectivity index is 0.000000921. The van der Waals surface area contributed by atoms with Crippen molar-refractivity contribution in [2.24, 2.45) is 0 Å². The minimum Gasteiger partial charge on any atom is -0.392 e. The van der Waals surface area contributed by atoms with Gasteiger partial charge < -0.3 is 5.11 Å². The minimum atomic E-state index is 0.0319. The van der Waals surface area contributed by atoms with Crippen molar-refractivity contribution in [3.05, 3.63) is 52.8 Å². The highest BCUT2D eigenvalue weighted by Crippen LogP contribution is 2.30. The minimum absolute atomic E-state index is 0.0319. The molecule has 0 spiro atoms. The average molecular weight is 287 g/mol. The maximum absolute atomic E-state index is 9.54. The monoisotopic (exact) mass is 287 g/mol. The average Bonchev–Trinajstić information content (AvgIpc) is 2.55. The van der Waals surface area contributed by atoms with E-state index >= 15 is 0 Å². The highest BCUT2D eigenvalue weighted by molar-refractivity contribution is 5.72. The van der Waals surface area contributed by atoms with Crippen molar-refractivity contribution in [1.82, 2.24) is 4.98 Å². The van der Waals surface area contributed by atoms with Crippen molar-refractivity contribution >= 4 is 0 Å². The molecule has 0 aliphatic rings. The Hall–Kier alpha value is -1.67. The predicted octanol–water partition coefficient (Wildman–Crippen LogP) is 5.22. The Morgan fingerprint density at radius 2 is 1.38 bits per heavy atom. The lowest BCUT2D eigenvalue weighted by Crippen LogP contribution is -2.02. The molecule has 0 aliphatic carbocycles. The van der Waals surface area contributed by atoms with E-state index in [1.165, 1.54) is 0 Å². The lowest BCUT2D eigenvalue weighted by molar-refractivity contribution is 0.281. The van der Waals surface area contributed by atoms with Crippen LogP contribution in [0.2, 0.25) is 0 Å². The number of aromatic nitrogens is 1. The second kappa shape index (κ2) is 10.1. The smallest absolute Gasteiger partial charge is 0.0705 e. The van der Waals surface area contributed by atoms with Crippen LogP contribution >= 0.6 is 0 Å².